The molecule has 0 N–H and O–H groups in total. The van der Waals surface area contributed by atoms with E-state index in [2.05, 4.69) is 43.2 Å². The van der Waals surface area contributed by atoms with Crippen molar-refractivity contribution in [1.82, 2.24) is 29.5 Å². The van der Waals surface area contributed by atoms with Gasteiger partial charge in [0.2, 0.25) is 0 Å². The van der Waals surface area contributed by atoms with E-state index in [1.807, 2.05) is 61.9 Å². The van der Waals surface area contributed by atoms with Crippen molar-refractivity contribution < 1.29 is 0 Å². The molecule has 3 aromatic heterocycles. The minimum Gasteiger partial charge on any atom is -0.275 e. The van der Waals surface area contributed by atoms with Gasteiger partial charge in [0.25, 0.3) is 0 Å². The lowest BCUT2D eigenvalue weighted by atomic mass is 10.1. The third-order valence-corrected chi connectivity index (χ3v) is 6.17. The topological polar surface area (TPSA) is 61.4 Å². The van der Waals surface area contributed by atoms with Gasteiger partial charge in [-0.25, -0.2) is 9.97 Å². The second-order valence-corrected chi connectivity index (χ2v) is 8.16. The minimum absolute atomic E-state index is 0.508. The van der Waals surface area contributed by atoms with E-state index in [1.54, 1.807) is 4.68 Å². The van der Waals surface area contributed by atoms with Gasteiger partial charge in [-0.3, -0.25) is 9.36 Å². The zero-order valence-corrected chi connectivity index (χ0v) is 16.4. The summed E-state index contributed by atoms with van der Waals surface area (Å²) in [6, 6.07) is 8.74. The van der Waals surface area contributed by atoms with E-state index in [0.29, 0.717) is 11.9 Å². The molecule has 4 aromatic rings. The van der Waals surface area contributed by atoms with E-state index >= 15 is 0 Å². The standard InChI is InChI=1S/C21H20N6S/c1-26-12-18(10-24-26)15-3-2-4-16(7-15)21-22-8-17(9-23-21)19-11-25-27(13-19)20-5-6-28-14-20/h2-4,7-13,20H,5-6,14H2,1H3. The third kappa shape index (κ3) is 3.33. The van der Waals surface area contributed by atoms with E-state index in [1.165, 1.54) is 12.2 Å². The maximum absolute atomic E-state index is 4.60. The Hall–Kier alpha value is -2.93. The van der Waals surface area contributed by atoms with Crippen LogP contribution in [0.1, 0.15) is 12.5 Å². The molecule has 1 atom stereocenters. The highest BCUT2D eigenvalue weighted by atomic mass is 32.2. The first-order valence-electron chi connectivity index (χ1n) is 9.30. The minimum atomic E-state index is 0.508. The Morgan fingerprint density at radius 2 is 1.68 bits per heavy atom. The van der Waals surface area contributed by atoms with Crippen molar-refractivity contribution in [1.29, 1.82) is 0 Å². The van der Waals surface area contributed by atoms with Crippen molar-refractivity contribution in [3.63, 3.8) is 0 Å². The fourth-order valence-electron chi connectivity index (χ4n) is 3.45. The quantitative estimate of drug-likeness (QED) is 0.527. The van der Waals surface area contributed by atoms with Gasteiger partial charge in [-0.15, -0.1) is 0 Å². The Morgan fingerprint density at radius 3 is 2.43 bits per heavy atom. The van der Waals surface area contributed by atoms with E-state index in [0.717, 1.165) is 33.6 Å². The summed E-state index contributed by atoms with van der Waals surface area (Å²) >= 11 is 1.99. The molecule has 7 heteroatoms. The maximum Gasteiger partial charge on any atom is 0.159 e. The molecule has 1 aliphatic heterocycles. The summed E-state index contributed by atoms with van der Waals surface area (Å²) in [6.07, 6.45) is 12.8. The van der Waals surface area contributed by atoms with Gasteiger partial charge in [-0.1, -0.05) is 18.2 Å². The number of hydrogen-bond donors (Lipinski definition) is 0. The molecule has 1 unspecified atom stereocenters. The summed E-state index contributed by atoms with van der Waals surface area (Å²) in [5.41, 5.74) is 5.23. The van der Waals surface area contributed by atoms with Crippen molar-refractivity contribution in [3.8, 4) is 33.6 Å². The molecule has 1 aliphatic rings. The highest BCUT2D eigenvalue weighted by Crippen LogP contribution is 2.29. The van der Waals surface area contributed by atoms with Crippen LogP contribution in [0.4, 0.5) is 0 Å². The van der Waals surface area contributed by atoms with Gasteiger partial charge in [-0.05, 0) is 23.8 Å². The number of thioether (sulfide) groups is 1. The van der Waals surface area contributed by atoms with Crippen molar-refractivity contribution in [2.45, 2.75) is 12.5 Å². The molecular weight excluding hydrogens is 368 g/mol. The predicted octanol–water partition coefficient (Wildman–Crippen LogP) is 4.09. The molecule has 0 spiro atoms. The number of rotatable bonds is 4. The zero-order chi connectivity index (χ0) is 18.9. The highest BCUT2D eigenvalue weighted by Gasteiger charge is 2.18. The number of benzene rings is 1. The fraction of sp³-hybridized carbons (Fsp3) is 0.238. The van der Waals surface area contributed by atoms with Crippen LogP contribution in [0.5, 0.6) is 0 Å². The van der Waals surface area contributed by atoms with E-state index in [4.69, 9.17) is 0 Å². The Kier molecular flexibility index (Phi) is 4.44. The van der Waals surface area contributed by atoms with Crippen LogP contribution in [0.25, 0.3) is 33.6 Å². The summed E-state index contributed by atoms with van der Waals surface area (Å²) in [5, 5.41) is 8.79. The molecule has 5 rings (SSSR count). The van der Waals surface area contributed by atoms with E-state index in [9.17, 15) is 0 Å². The van der Waals surface area contributed by atoms with Crippen LogP contribution >= 0.6 is 11.8 Å². The lowest BCUT2D eigenvalue weighted by Crippen LogP contribution is -2.07. The molecule has 0 aliphatic carbocycles. The SMILES string of the molecule is Cn1cc(-c2cccc(-c3ncc(-c4cnn(C5CCSC5)c4)cn3)c2)cn1. The largest absolute Gasteiger partial charge is 0.275 e. The van der Waals surface area contributed by atoms with Gasteiger partial charge < -0.3 is 0 Å². The Balaban J connectivity index is 1.39. The van der Waals surface area contributed by atoms with Gasteiger partial charge in [0.1, 0.15) is 0 Å². The Labute approximate surface area is 167 Å². The van der Waals surface area contributed by atoms with Gasteiger partial charge in [0, 0.05) is 59.8 Å². The van der Waals surface area contributed by atoms with Crippen LogP contribution in [-0.2, 0) is 7.05 Å². The number of aryl methyl sites for hydroxylation is 1. The first-order valence-corrected chi connectivity index (χ1v) is 10.5. The van der Waals surface area contributed by atoms with Gasteiger partial charge in [0.05, 0.1) is 18.4 Å². The van der Waals surface area contributed by atoms with Crippen LogP contribution in [0.3, 0.4) is 0 Å². The molecule has 0 saturated carbocycles. The van der Waals surface area contributed by atoms with Crippen LogP contribution in [0.2, 0.25) is 0 Å². The molecular formula is C21H20N6S. The predicted molar refractivity (Wildman–Crippen MR) is 112 cm³/mol. The van der Waals surface area contributed by atoms with Crippen LogP contribution in [-0.4, -0.2) is 41.0 Å². The molecule has 0 bridgehead atoms. The zero-order valence-electron chi connectivity index (χ0n) is 15.6. The van der Waals surface area contributed by atoms with Crippen LogP contribution < -0.4 is 0 Å². The normalized spacial score (nSPS) is 16.5. The van der Waals surface area contributed by atoms with Gasteiger partial charge in [-0.2, -0.15) is 22.0 Å². The van der Waals surface area contributed by atoms with Crippen LogP contribution in [0.15, 0.2) is 61.4 Å². The summed E-state index contributed by atoms with van der Waals surface area (Å²) in [7, 11) is 1.92. The van der Waals surface area contributed by atoms with E-state index < -0.39 is 0 Å². The molecule has 6 nitrogen and oxygen atoms in total. The lowest BCUT2D eigenvalue weighted by Gasteiger charge is -2.07. The van der Waals surface area contributed by atoms with Gasteiger partial charge >= 0.3 is 0 Å². The molecule has 4 heterocycles. The van der Waals surface area contributed by atoms with Crippen molar-refractivity contribution in [2.75, 3.05) is 11.5 Å². The molecule has 0 amide bonds. The molecule has 140 valence electrons. The summed E-state index contributed by atoms with van der Waals surface area (Å²) < 4.78 is 3.89. The Morgan fingerprint density at radius 1 is 0.893 bits per heavy atom. The van der Waals surface area contributed by atoms with Crippen molar-refractivity contribution >= 4 is 11.8 Å². The maximum atomic E-state index is 4.60. The fourth-order valence-corrected chi connectivity index (χ4v) is 4.65. The first kappa shape index (κ1) is 17.2. The molecule has 1 saturated heterocycles. The van der Waals surface area contributed by atoms with Gasteiger partial charge in [0.15, 0.2) is 5.82 Å². The molecule has 0 radical (unpaired) electrons. The average Bonchev–Trinajstić information content (AvgIpc) is 3.49. The van der Waals surface area contributed by atoms with E-state index in [-0.39, 0.29) is 0 Å². The van der Waals surface area contributed by atoms with Crippen LogP contribution in [0, 0.1) is 0 Å². The smallest absolute Gasteiger partial charge is 0.159 e. The monoisotopic (exact) mass is 388 g/mol. The average molecular weight is 389 g/mol. The summed E-state index contributed by atoms with van der Waals surface area (Å²) in [5.74, 6) is 3.08. The highest BCUT2D eigenvalue weighted by molar-refractivity contribution is 7.99. The first-order chi connectivity index (χ1) is 13.8. The second kappa shape index (κ2) is 7.24. The molecule has 28 heavy (non-hydrogen) atoms. The molecule has 1 fully saturated rings. The van der Waals surface area contributed by atoms with Crippen molar-refractivity contribution in [2.24, 2.45) is 7.05 Å². The number of aromatic nitrogens is 6. The summed E-state index contributed by atoms with van der Waals surface area (Å²) in [6.45, 7) is 0. The number of nitrogens with zero attached hydrogens (tertiary/aromatic N) is 6. The second-order valence-electron chi connectivity index (χ2n) is 7.01. The third-order valence-electron chi connectivity index (χ3n) is 5.03. The summed E-state index contributed by atoms with van der Waals surface area (Å²) in [4.78, 5) is 9.20. The lowest BCUT2D eigenvalue weighted by molar-refractivity contribution is 0.502. The Bertz CT molecular complexity index is 1090. The van der Waals surface area contributed by atoms with Crippen molar-refractivity contribution in [3.05, 3.63) is 61.4 Å². The number of hydrogen-bond acceptors (Lipinski definition) is 5. The molecule has 1 aromatic carbocycles.